The van der Waals surface area contributed by atoms with Gasteiger partial charge in [0.05, 0.1) is 11.1 Å². The maximum absolute atomic E-state index is 14.1. The minimum absolute atomic E-state index is 0.0522. The van der Waals surface area contributed by atoms with Gasteiger partial charge in [-0.05, 0) is 37.6 Å². The van der Waals surface area contributed by atoms with E-state index in [1.165, 1.54) is 16.7 Å². The van der Waals surface area contributed by atoms with Crippen LogP contribution in [-0.2, 0) is 0 Å². The maximum atomic E-state index is 14.1. The lowest BCUT2D eigenvalue weighted by atomic mass is 10.2. The zero-order valence-electron chi connectivity index (χ0n) is 11.4. The predicted octanol–water partition coefficient (Wildman–Crippen LogP) is 4.31. The number of aromatic nitrogens is 3. The monoisotopic (exact) mass is 307 g/mol. The molecule has 1 unspecified atom stereocenters. The van der Waals surface area contributed by atoms with Crippen LogP contribution in [0.15, 0.2) is 30.5 Å². The van der Waals surface area contributed by atoms with E-state index in [2.05, 4.69) is 9.97 Å². The number of hydrogen-bond acceptors (Lipinski definition) is 2. The van der Waals surface area contributed by atoms with Gasteiger partial charge in [0.15, 0.2) is 17.3 Å². The third-order valence-electron chi connectivity index (χ3n) is 3.19. The van der Waals surface area contributed by atoms with Gasteiger partial charge in [-0.15, -0.1) is 11.6 Å². The van der Waals surface area contributed by atoms with Crippen LogP contribution in [0.3, 0.4) is 0 Å². The second kappa shape index (κ2) is 5.07. The first-order valence-electron chi connectivity index (χ1n) is 6.42. The first kappa shape index (κ1) is 13.9. The highest BCUT2D eigenvalue weighted by Crippen LogP contribution is 2.29. The van der Waals surface area contributed by atoms with Gasteiger partial charge in [0.1, 0.15) is 11.3 Å². The normalized spacial score (nSPS) is 12.8. The van der Waals surface area contributed by atoms with Crippen molar-refractivity contribution in [2.45, 2.75) is 19.2 Å². The van der Waals surface area contributed by atoms with Gasteiger partial charge in [-0.25, -0.2) is 18.7 Å². The van der Waals surface area contributed by atoms with Crippen LogP contribution in [0.4, 0.5) is 8.78 Å². The molecule has 21 heavy (non-hydrogen) atoms. The molecule has 0 aliphatic carbocycles. The summed E-state index contributed by atoms with van der Waals surface area (Å²) in [5.74, 6) is -1.44. The van der Waals surface area contributed by atoms with Crippen molar-refractivity contribution in [3.63, 3.8) is 0 Å². The van der Waals surface area contributed by atoms with Crippen molar-refractivity contribution in [2.75, 3.05) is 0 Å². The quantitative estimate of drug-likeness (QED) is 0.661. The minimum Gasteiger partial charge on any atom is -0.276 e. The molecule has 3 aromatic rings. The Bertz CT molecular complexity index is 827. The number of nitrogens with zero attached hydrogens (tertiary/aromatic N) is 3. The Balaban J connectivity index is 2.39. The van der Waals surface area contributed by atoms with Gasteiger partial charge < -0.3 is 0 Å². The van der Waals surface area contributed by atoms with Crippen LogP contribution in [0.5, 0.6) is 0 Å². The first-order chi connectivity index (χ1) is 9.99. The van der Waals surface area contributed by atoms with Crippen LogP contribution in [0, 0.1) is 18.6 Å². The fraction of sp³-hybridized carbons (Fsp3) is 0.200. The summed E-state index contributed by atoms with van der Waals surface area (Å²) in [4.78, 5) is 8.68. The van der Waals surface area contributed by atoms with E-state index in [1.54, 1.807) is 13.1 Å². The lowest BCUT2D eigenvalue weighted by Gasteiger charge is -2.11. The Morgan fingerprint density at radius 2 is 2.05 bits per heavy atom. The smallest absolute Gasteiger partial charge is 0.182 e. The van der Waals surface area contributed by atoms with Gasteiger partial charge in [-0.2, -0.15) is 0 Å². The Hall–Kier alpha value is -2.01. The van der Waals surface area contributed by atoms with E-state index >= 15 is 0 Å². The summed E-state index contributed by atoms with van der Waals surface area (Å²) in [6, 6.07) is 5.82. The third kappa shape index (κ3) is 2.27. The van der Waals surface area contributed by atoms with Crippen LogP contribution >= 0.6 is 11.6 Å². The molecule has 1 aromatic carbocycles. The second-order valence-corrected chi connectivity index (χ2v) is 5.50. The highest BCUT2D eigenvalue weighted by Gasteiger charge is 2.20. The van der Waals surface area contributed by atoms with E-state index in [-0.39, 0.29) is 5.69 Å². The number of fused-ring (bicyclic) bond motifs is 1. The van der Waals surface area contributed by atoms with Crippen molar-refractivity contribution in [3.05, 3.63) is 53.5 Å². The molecule has 0 aliphatic heterocycles. The van der Waals surface area contributed by atoms with Crippen molar-refractivity contribution < 1.29 is 8.78 Å². The fourth-order valence-corrected chi connectivity index (χ4v) is 2.40. The molecule has 0 aliphatic rings. The van der Waals surface area contributed by atoms with E-state index in [9.17, 15) is 8.78 Å². The van der Waals surface area contributed by atoms with Crippen molar-refractivity contribution >= 4 is 22.8 Å². The molecule has 0 N–H and O–H groups in total. The molecule has 0 saturated carbocycles. The Morgan fingerprint density at radius 1 is 1.29 bits per heavy atom. The minimum atomic E-state index is -0.947. The van der Waals surface area contributed by atoms with Crippen LogP contribution in [0.1, 0.15) is 23.7 Å². The topological polar surface area (TPSA) is 30.7 Å². The molecule has 0 amide bonds. The van der Waals surface area contributed by atoms with Crippen LogP contribution in [0.25, 0.3) is 16.9 Å². The average Bonchev–Trinajstić information content (AvgIpc) is 2.80. The maximum Gasteiger partial charge on any atom is 0.182 e. The predicted molar refractivity (Wildman–Crippen MR) is 77.8 cm³/mol. The van der Waals surface area contributed by atoms with Gasteiger partial charge in [0.25, 0.3) is 0 Å². The zero-order valence-corrected chi connectivity index (χ0v) is 12.2. The molecular weight excluding hydrogens is 296 g/mol. The number of imidazole rings is 1. The highest BCUT2D eigenvalue weighted by molar-refractivity contribution is 6.20. The number of rotatable bonds is 2. The first-order valence-corrected chi connectivity index (χ1v) is 6.86. The summed E-state index contributed by atoms with van der Waals surface area (Å²) >= 11 is 6.13. The number of halogens is 3. The molecule has 6 heteroatoms. The molecule has 0 spiro atoms. The third-order valence-corrected chi connectivity index (χ3v) is 3.38. The summed E-state index contributed by atoms with van der Waals surface area (Å²) in [5.41, 5.74) is 2.03. The molecule has 3 rings (SSSR count). The number of hydrogen-bond donors (Lipinski definition) is 0. The standard InChI is InChI=1S/C15H12ClF2N3/c1-8-6-11-15(19-7-8)21(14(20-11)9(2)16)12-5-3-4-10(17)13(12)18/h3-7,9H,1-2H3. The lowest BCUT2D eigenvalue weighted by Crippen LogP contribution is -2.06. The summed E-state index contributed by atoms with van der Waals surface area (Å²) in [7, 11) is 0. The van der Waals surface area contributed by atoms with Gasteiger partial charge in [0, 0.05) is 6.20 Å². The SMILES string of the molecule is Cc1cnc2c(c1)nc(C(C)Cl)n2-c1cccc(F)c1F. The summed E-state index contributed by atoms with van der Waals surface area (Å²) < 4.78 is 29.1. The van der Waals surface area contributed by atoms with E-state index in [0.717, 1.165) is 11.6 Å². The van der Waals surface area contributed by atoms with E-state index in [1.807, 2.05) is 13.0 Å². The molecule has 0 radical (unpaired) electrons. The molecule has 2 heterocycles. The van der Waals surface area contributed by atoms with Gasteiger partial charge in [-0.1, -0.05) is 6.07 Å². The Kier molecular flexibility index (Phi) is 3.37. The molecule has 0 bridgehead atoms. The molecule has 1 atom stereocenters. The molecule has 108 valence electrons. The molecule has 0 fully saturated rings. The number of aryl methyl sites for hydroxylation is 1. The van der Waals surface area contributed by atoms with Crippen molar-refractivity contribution in [3.8, 4) is 5.69 Å². The highest BCUT2D eigenvalue weighted by atomic mass is 35.5. The second-order valence-electron chi connectivity index (χ2n) is 4.85. The van der Waals surface area contributed by atoms with Crippen LogP contribution in [0.2, 0.25) is 0 Å². The molecule has 0 saturated heterocycles. The van der Waals surface area contributed by atoms with Gasteiger partial charge in [-0.3, -0.25) is 4.57 Å². The summed E-state index contributed by atoms with van der Waals surface area (Å²) in [6.45, 7) is 3.61. The average molecular weight is 308 g/mol. The molecule has 2 aromatic heterocycles. The number of pyridine rings is 1. The summed E-state index contributed by atoms with van der Waals surface area (Å²) in [5, 5.41) is -0.470. The van der Waals surface area contributed by atoms with Crippen molar-refractivity contribution in [1.29, 1.82) is 0 Å². The zero-order chi connectivity index (χ0) is 15.1. The molecular formula is C15H12ClF2N3. The Labute approximate surface area is 125 Å². The largest absolute Gasteiger partial charge is 0.276 e. The van der Waals surface area contributed by atoms with E-state index < -0.39 is 17.0 Å². The number of benzene rings is 1. The van der Waals surface area contributed by atoms with Crippen molar-refractivity contribution in [2.24, 2.45) is 0 Å². The Morgan fingerprint density at radius 3 is 2.76 bits per heavy atom. The fourth-order valence-electron chi connectivity index (χ4n) is 2.25. The lowest BCUT2D eigenvalue weighted by molar-refractivity contribution is 0.504. The van der Waals surface area contributed by atoms with Gasteiger partial charge in [0.2, 0.25) is 0 Å². The van der Waals surface area contributed by atoms with Crippen LogP contribution in [-0.4, -0.2) is 14.5 Å². The van der Waals surface area contributed by atoms with E-state index in [4.69, 9.17) is 11.6 Å². The van der Waals surface area contributed by atoms with Crippen LogP contribution < -0.4 is 0 Å². The van der Waals surface area contributed by atoms with E-state index in [0.29, 0.717) is 17.0 Å². The van der Waals surface area contributed by atoms with Gasteiger partial charge >= 0.3 is 0 Å². The number of alkyl halides is 1. The summed E-state index contributed by atoms with van der Waals surface area (Å²) in [6.07, 6.45) is 1.65. The van der Waals surface area contributed by atoms with Crippen molar-refractivity contribution in [1.82, 2.24) is 14.5 Å². The molecule has 3 nitrogen and oxygen atoms in total.